The molecule has 120 valence electrons. The van der Waals surface area contributed by atoms with Crippen molar-refractivity contribution >= 4 is 26.1 Å². The fraction of sp³-hybridized carbons (Fsp3) is 0.273. The molecule has 0 unspecified atom stereocenters. The summed E-state index contributed by atoms with van der Waals surface area (Å²) >= 11 is 2.59. The minimum atomic E-state index is -5.77. The second kappa shape index (κ2) is 4.86. The van der Waals surface area contributed by atoms with E-state index in [-0.39, 0.29) is 11.6 Å². The van der Waals surface area contributed by atoms with Gasteiger partial charge < -0.3 is 4.74 Å². The van der Waals surface area contributed by atoms with Gasteiger partial charge in [0.15, 0.2) is 0 Å². The highest BCUT2D eigenvalue weighted by Crippen LogP contribution is 2.53. The summed E-state index contributed by atoms with van der Waals surface area (Å²) in [5, 5.41) is 10.6. The standard InChI is InChI=1S/C11H4BrF6NO3/c12-7-4-9(10(13,14)15,11(16,17)18)22-8-2-1-5(19(20)21)3-6(7)8/h1-4H. The molecule has 0 saturated heterocycles. The Balaban J connectivity index is 2.66. The Morgan fingerprint density at radius 2 is 1.68 bits per heavy atom. The summed E-state index contributed by atoms with van der Waals surface area (Å²) < 4.78 is 81.3. The topological polar surface area (TPSA) is 52.4 Å². The van der Waals surface area contributed by atoms with E-state index in [2.05, 4.69) is 20.7 Å². The molecule has 1 aromatic carbocycles. The van der Waals surface area contributed by atoms with Crippen LogP contribution < -0.4 is 4.74 Å². The van der Waals surface area contributed by atoms with E-state index in [9.17, 15) is 36.5 Å². The van der Waals surface area contributed by atoms with Gasteiger partial charge in [-0.2, -0.15) is 26.3 Å². The number of nitrogens with zero attached hydrogens (tertiary/aromatic N) is 1. The van der Waals surface area contributed by atoms with E-state index in [1.165, 1.54) is 0 Å². The number of ether oxygens (including phenoxy) is 1. The molecule has 2 rings (SSSR count). The van der Waals surface area contributed by atoms with Crippen molar-refractivity contribution in [3.8, 4) is 5.75 Å². The molecule has 0 atom stereocenters. The first-order chi connectivity index (χ1) is 9.89. The second-order valence-corrected chi connectivity index (χ2v) is 5.12. The molecule has 1 aliphatic heterocycles. The summed E-state index contributed by atoms with van der Waals surface area (Å²) in [7, 11) is 0. The van der Waals surface area contributed by atoms with Gasteiger partial charge in [-0.15, -0.1) is 0 Å². The van der Waals surface area contributed by atoms with E-state index in [4.69, 9.17) is 0 Å². The van der Waals surface area contributed by atoms with Crippen molar-refractivity contribution < 1.29 is 36.0 Å². The van der Waals surface area contributed by atoms with Crippen molar-refractivity contribution in [3.63, 3.8) is 0 Å². The molecule has 0 aliphatic carbocycles. The Hall–Kier alpha value is -1.78. The molecule has 0 fully saturated rings. The lowest BCUT2D eigenvalue weighted by atomic mass is 9.96. The number of halogens is 7. The Kier molecular flexibility index (Phi) is 3.67. The zero-order valence-electron chi connectivity index (χ0n) is 10.1. The summed E-state index contributed by atoms with van der Waals surface area (Å²) in [6, 6.07) is 2.25. The number of non-ortho nitro benzene ring substituents is 1. The summed E-state index contributed by atoms with van der Waals surface area (Å²) in [6.07, 6.45) is -11.7. The lowest BCUT2D eigenvalue weighted by Gasteiger charge is -2.38. The summed E-state index contributed by atoms with van der Waals surface area (Å²) in [4.78, 5) is 9.77. The molecule has 1 aliphatic rings. The normalized spacial score (nSPS) is 17.3. The van der Waals surface area contributed by atoms with Crippen LogP contribution in [0.1, 0.15) is 5.56 Å². The third kappa shape index (κ3) is 2.42. The van der Waals surface area contributed by atoms with Gasteiger partial charge in [-0.1, -0.05) is 15.9 Å². The smallest absolute Gasteiger partial charge is 0.441 e. The largest absolute Gasteiger partial charge is 0.464 e. The number of hydrogen-bond acceptors (Lipinski definition) is 3. The van der Waals surface area contributed by atoms with Crippen LogP contribution in [0.25, 0.3) is 4.48 Å². The number of fused-ring (bicyclic) bond motifs is 1. The van der Waals surface area contributed by atoms with Gasteiger partial charge >= 0.3 is 18.0 Å². The minimum absolute atomic E-state index is 0.195. The molecule has 0 saturated carbocycles. The van der Waals surface area contributed by atoms with Crippen LogP contribution in [-0.2, 0) is 0 Å². The molecule has 0 bridgehead atoms. The van der Waals surface area contributed by atoms with Gasteiger partial charge in [-0.25, -0.2) is 0 Å². The Morgan fingerprint density at radius 1 is 1.14 bits per heavy atom. The van der Waals surface area contributed by atoms with Crippen molar-refractivity contribution in [1.82, 2.24) is 0 Å². The van der Waals surface area contributed by atoms with Crippen LogP contribution in [0.2, 0.25) is 0 Å². The fourth-order valence-corrected chi connectivity index (χ4v) is 2.44. The first-order valence-corrected chi connectivity index (χ1v) is 6.18. The lowest BCUT2D eigenvalue weighted by Crippen LogP contribution is -2.60. The maximum Gasteiger partial charge on any atom is 0.441 e. The van der Waals surface area contributed by atoms with E-state index in [1.807, 2.05) is 0 Å². The van der Waals surface area contributed by atoms with Crippen LogP contribution in [0.15, 0.2) is 24.3 Å². The minimum Gasteiger partial charge on any atom is -0.464 e. The maximum atomic E-state index is 12.9. The van der Waals surface area contributed by atoms with Gasteiger partial charge in [-0.3, -0.25) is 10.1 Å². The van der Waals surface area contributed by atoms with Gasteiger partial charge in [0.05, 0.1) is 4.92 Å². The van der Waals surface area contributed by atoms with Crippen LogP contribution in [0.3, 0.4) is 0 Å². The van der Waals surface area contributed by atoms with E-state index < -0.39 is 38.8 Å². The van der Waals surface area contributed by atoms with Crippen LogP contribution >= 0.6 is 15.9 Å². The highest BCUT2D eigenvalue weighted by Gasteiger charge is 2.73. The fourth-order valence-electron chi connectivity index (χ4n) is 1.81. The SMILES string of the molecule is O=[N+]([O-])c1ccc2c(c1)C(Br)=CC(C(F)(F)F)(C(F)(F)F)O2. The Morgan fingerprint density at radius 3 is 2.14 bits per heavy atom. The lowest BCUT2D eigenvalue weighted by molar-refractivity contribution is -0.384. The van der Waals surface area contributed by atoms with Crippen molar-refractivity contribution in [2.75, 3.05) is 0 Å². The first-order valence-electron chi connectivity index (χ1n) is 5.39. The molecule has 1 aromatic rings. The molecular formula is C11H4BrF6NO3. The third-order valence-corrected chi connectivity index (χ3v) is 3.53. The predicted molar refractivity (Wildman–Crippen MR) is 65.5 cm³/mol. The van der Waals surface area contributed by atoms with Crippen LogP contribution in [0.5, 0.6) is 5.75 Å². The summed E-state index contributed by atoms with van der Waals surface area (Å²) in [5.41, 5.74) is -5.31. The van der Waals surface area contributed by atoms with Gasteiger partial charge in [0.25, 0.3) is 5.69 Å². The number of hydrogen-bond donors (Lipinski definition) is 0. The molecule has 0 N–H and O–H groups in total. The molecule has 4 nitrogen and oxygen atoms in total. The molecular weight excluding hydrogens is 388 g/mol. The highest BCUT2D eigenvalue weighted by atomic mass is 79.9. The van der Waals surface area contributed by atoms with Gasteiger partial charge in [0, 0.05) is 22.2 Å². The number of nitro benzene ring substituents is 1. The van der Waals surface area contributed by atoms with E-state index in [0.717, 1.165) is 12.1 Å². The third-order valence-electron chi connectivity index (χ3n) is 2.87. The van der Waals surface area contributed by atoms with Gasteiger partial charge in [-0.05, 0) is 12.1 Å². The molecule has 0 radical (unpaired) electrons. The van der Waals surface area contributed by atoms with Crippen LogP contribution in [0.4, 0.5) is 32.0 Å². The molecule has 1 heterocycles. The van der Waals surface area contributed by atoms with Crippen molar-refractivity contribution in [2.45, 2.75) is 18.0 Å². The highest BCUT2D eigenvalue weighted by molar-refractivity contribution is 9.15. The zero-order chi connectivity index (χ0) is 16.9. The quantitative estimate of drug-likeness (QED) is 0.399. The van der Waals surface area contributed by atoms with E-state index >= 15 is 0 Å². The average Bonchev–Trinajstić information content (AvgIpc) is 2.35. The Bertz CT molecular complexity index is 653. The van der Waals surface area contributed by atoms with E-state index in [1.54, 1.807) is 0 Å². The number of rotatable bonds is 1. The van der Waals surface area contributed by atoms with Gasteiger partial charge in [0.1, 0.15) is 5.75 Å². The predicted octanol–water partition coefficient (Wildman–Crippen LogP) is 4.59. The maximum absolute atomic E-state index is 12.9. The average molecular weight is 392 g/mol. The molecule has 22 heavy (non-hydrogen) atoms. The van der Waals surface area contributed by atoms with Crippen molar-refractivity contribution in [1.29, 1.82) is 0 Å². The van der Waals surface area contributed by atoms with Crippen LogP contribution in [0, 0.1) is 10.1 Å². The Labute approximate surface area is 126 Å². The van der Waals surface area contributed by atoms with Crippen molar-refractivity contribution in [2.24, 2.45) is 0 Å². The van der Waals surface area contributed by atoms with Gasteiger partial charge in [0.2, 0.25) is 0 Å². The number of nitro groups is 1. The molecule has 0 spiro atoms. The van der Waals surface area contributed by atoms with E-state index in [0.29, 0.717) is 6.07 Å². The van der Waals surface area contributed by atoms with Crippen molar-refractivity contribution in [3.05, 3.63) is 40.0 Å². The molecule has 0 amide bonds. The summed E-state index contributed by atoms with van der Waals surface area (Å²) in [5.74, 6) is -0.769. The summed E-state index contributed by atoms with van der Waals surface area (Å²) in [6.45, 7) is 0. The van der Waals surface area contributed by atoms with Crippen LogP contribution in [-0.4, -0.2) is 22.9 Å². The first kappa shape index (κ1) is 16.6. The molecule has 11 heteroatoms. The second-order valence-electron chi connectivity index (χ2n) is 4.26. The number of benzene rings is 1. The number of alkyl halides is 6. The molecule has 0 aromatic heterocycles. The zero-order valence-corrected chi connectivity index (χ0v) is 11.7. The monoisotopic (exact) mass is 391 g/mol.